The molecule has 1 saturated heterocycles. The van der Waals surface area contributed by atoms with E-state index in [4.69, 9.17) is 9.84 Å². The lowest BCUT2D eigenvalue weighted by Crippen LogP contribution is -2.65. The molecule has 2 heterocycles. The molecule has 1 fully saturated rings. The zero-order valence-electron chi connectivity index (χ0n) is 12.4. The number of hydrogen-bond acceptors (Lipinski definition) is 4. The number of carbonyl (C=O) groups excluding carboxylic acids is 1. The molecule has 1 aliphatic heterocycles. The van der Waals surface area contributed by atoms with Gasteiger partial charge < -0.3 is 19.6 Å². The van der Waals surface area contributed by atoms with E-state index in [0.717, 1.165) is 4.88 Å². The molecule has 116 valence electrons. The van der Waals surface area contributed by atoms with Crippen LogP contribution in [0.1, 0.15) is 24.8 Å². The standard InChI is InChI=1S/C14H20N2O4S/c1-10(11-5-4-6-21-11)15(3)13(19)16-8-14(2,9-16)20-7-12(17)18/h4-6,10H,7-9H2,1-3H3,(H,17,18). The molecule has 6 nitrogen and oxygen atoms in total. The Labute approximate surface area is 127 Å². The van der Waals surface area contributed by atoms with Crippen LogP contribution in [0.3, 0.4) is 0 Å². The first-order valence-electron chi connectivity index (χ1n) is 6.73. The number of rotatable bonds is 5. The van der Waals surface area contributed by atoms with Gasteiger partial charge in [0.2, 0.25) is 0 Å². The Morgan fingerprint density at radius 2 is 2.24 bits per heavy atom. The minimum atomic E-state index is -0.996. The molecule has 1 atom stereocenters. The van der Waals surface area contributed by atoms with Crippen molar-refractivity contribution in [1.82, 2.24) is 9.80 Å². The highest BCUT2D eigenvalue weighted by Gasteiger charge is 2.44. The number of nitrogens with zero attached hydrogens (tertiary/aromatic N) is 2. The van der Waals surface area contributed by atoms with Gasteiger partial charge in [-0.15, -0.1) is 11.3 Å². The topological polar surface area (TPSA) is 70.1 Å². The molecular formula is C14H20N2O4S. The number of ether oxygens (including phenoxy) is 1. The summed E-state index contributed by atoms with van der Waals surface area (Å²) in [6, 6.07) is 3.93. The third-order valence-corrected chi connectivity index (χ3v) is 4.75. The van der Waals surface area contributed by atoms with Crippen LogP contribution in [-0.2, 0) is 9.53 Å². The zero-order valence-corrected chi connectivity index (χ0v) is 13.2. The van der Waals surface area contributed by atoms with Gasteiger partial charge in [0.25, 0.3) is 0 Å². The minimum Gasteiger partial charge on any atom is -0.480 e. The number of carbonyl (C=O) groups is 2. The molecule has 7 heteroatoms. The highest BCUT2D eigenvalue weighted by molar-refractivity contribution is 7.10. The molecular weight excluding hydrogens is 292 g/mol. The van der Waals surface area contributed by atoms with E-state index in [1.54, 1.807) is 28.2 Å². The monoisotopic (exact) mass is 312 g/mol. The SMILES string of the molecule is CC(c1cccs1)N(C)C(=O)N1CC(C)(OCC(=O)O)C1. The summed E-state index contributed by atoms with van der Waals surface area (Å²) in [6.45, 7) is 4.31. The Kier molecular flexibility index (Phi) is 4.53. The molecule has 0 bridgehead atoms. The second kappa shape index (κ2) is 6.03. The van der Waals surface area contributed by atoms with Crippen molar-refractivity contribution in [1.29, 1.82) is 0 Å². The van der Waals surface area contributed by atoms with Crippen molar-refractivity contribution in [3.05, 3.63) is 22.4 Å². The lowest BCUT2D eigenvalue weighted by molar-refractivity contribution is -0.160. The summed E-state index contributed by atoms with van der Waals surface area (Å²) in [5, 5.41) is 10.6. The largest absolute Gasteiger partial charge is 0.480 e. The van der Waals surface area contributed by atoms with Gasteiger partial charge in [0.15, 0.2) is 0 Å². The predicted molar refractivity (Wildman–Crippen MR) is 79.5 cm³/mol. The Hall–Kier alpha value is -1.60. The summed E-state index contributed by atoms with van der Waals surface area (Å²) < 4.78 is 5.31. The van der Waals surface area contributed by atoms with Crippen molar-refractivity contribution >= 4 is 23.3 Å². The molecule has 1 aromatic rings. The van der Waals surface area contributed by atoms with Crippen LogP contribution in [-0.4, -0.2) is 59.3 Å². The summed E-state index contributed by atoms with van der Waals surface area (Å²) in [5.41, 5.74) is -0.555. The quantitative estimate of drug-likeness (QED) is 0.903. The van der Waals surface area contributed by atoms with E-state index < -0.39 is 11.6 Å². The maximum Gasteiger partial charge on any atom is 0.329 e. The summed E-state index contributed by atoms with van der Waals surface area (Å²) in [7, 11) is 1.78. The fourth-order valence-electron chi connectivity index (χ4n) is 2.33. The average Bonchev–Trinajstić information content (AvgIpc) is 2.93. The van der Waals surface area contributed by atoms with Gasteiger partial charge in [0, 0.05) is 11.9 Å². The molecule has 1 N–H and O–H groups in total. The van der Waals surface area contributed by atoms with Crippen LogP contribution in [0.5, 0.6) is 0 Å². The highest BCUT2D eigenvalue weighted by atomic mass is 32.1. The molecule has 2 rings (SSSR count). The molecule has 0 saturated carbocycles. The Morgan fingerprint density at radius 1 is 1.57 bits per heavy atom. The fourth-order valence-corrected chi connectivity index (χ4v) is 3.16. The number of hydrogen-bond donors (Lipinski definition) is 1. The van der Waals surface area contributed by atoms with E-state index in [0.29, 0.717) is 13.1 Å². The number of thiophene rings is 1. The summed E-state index contributed by atoms with van der Waals surface area (Å²) >= 11 is 1.62. The molecule has 1 aromatic heterocycles. The van der Waals surface area contributed by atoms with Crippen molar-refractivity contribution < 1.29 is 19.4 Å². The second-order valence-electron chi connectivity index (χ2n) is 5.57. The first-order valence-corrected chi connectivity index (χ1v) is 7.61. The van der Waals surface area contributed by atoms with E-state index in [-0.39, 0.29) is 18.7 Å². The molecule has 0 spiro atoms. The van der Waals surface area contributed by atoms with Crippen LogP contribution in [0.2, 0.25) is 0 Å². The Morgan fingerprint density at radius 3 is 2.76 bits per heavy atom. The number of amides is 2. The smallest absolute Gasteiger partial charge is 0.329 e. The van der Waals surface area contributed by atoms with Gasteiger partial charge in [-0.1, -0.05) is 6.07 Å². The van der Waals surface area contributed by atoms with E-state index in [2.05, 4.69) is 0 Å². The van der Waals surface area contributed by atoms with Gasteiger partial charge in [-0.05, 0) is 25.3 Å². The van der Waals surface area contributed by atoms with E-state index >= 15 is 0 Å². The van der Waals surface area contributed by atoms with Gasteiger partial charge in [-0.25, -0.2) is 9.59 Å². The second-order valence-corrected chi connectivity index (χ2v) is 6.55. The first kappa shape index (κ1) is 15.8. The average molecular weight is 312 g/mol. The molecule has 1 aliphatic rings. The Bertz CT molecular complexity index is 511. The maximum atomic E-state index is 12.4. The van der Waals surface area contributed by atoms with Crippen molar-refractivity contribution in [2.24, 2.45) is 0 Å². The van der Waals surface area contributed by atoms with Crippen LogP contribution in [0.4, 0.5) is 4.79 Å². The maximum absolute atomic E-state index is 12.4. The number of carboxylic acids is 1. The summed E-state index contributed by atoms with van der Waals surface area (Å²) in [4.78, 5) is 27.4. The van der Waals surface area contributed by atoms with Crippen molar-refractivity contribution in [2.45, 2.75) is 25.5 Å². The van der Waals surface area contributed by atoms with Crippen LogP contribution in [0.15, 0.2) is 17.5 Å². The van der Waals surface area contributed by atoms with E-state index in [9.17, 15) is 9.59 Å². The van der Waals surface area contributed by atoms with Gasteiger partial charge in [0.1, 0.15) is 12.2 Å². The van der Waals surface area contributed by atoms with Crippen LogP contribution < -0.4 is 0 Å². The lowest BCUT2D eigenvalue weighted by atomic mass is 9.97. The van der Waals surface area contributed by atoms with Crippen molar-refractivity contribution in [3.63, 3.8) is 0 Å². The zero-order chi connectivity index (χ0) is 15.6. The Balaban J connectivity index is 1.87. The fraction of sp³-hybridized carbons (Fsp3) is 0.571. The van der Waals surface area contributed by atoms with Gasteiger partial charge >= 0.3 is 12.0 Å². The van der Waals surface area contributed by atoms with Gasteiger partial charge in [-0.2, -0.15) is 0 Å². The third kappa shape index (κ3) is 3.54. The molecule has 1 unspecified atom stereocenters. The molecule has 2 amide bonds. The van der Waals surface area contributed by atoms with Crippen LogP contribution >= 0.6 is 11.3 Å². The predicted octanol–water partition coefficient (Wildman–Crippen LogP) is 2.04. The number of carboxylic acid groups (broad SMARTS) is 1. The van der Waals surface area contributed by atoms with Crippen LogP contribution in [0, 0.1) is 0 Å². The number of urea groups is 1. The molecule has 0 radical (unpaired) electrons. The normalized spacial score (nSPS) is 18.0. The molecule has 0 aromatic carbocycles. The summed E-state index contributed by atoms with van der Waals surface area (Å²) in [6.07, 6.45) is 0. The minimum absolute atomic E-state index is 0.0179. The van der Waals surface area contributed by atoms with Crippen molar-refractivity contribution in [3.8, 4) is 0 Å². The molecule has 21 heavy (non-hydrogen) atoms. The number of likely N-dealkylation sites (tertiary alicyclic amines) is 1. The lowest BCUT2D eigenvalue weighted by Gasteiger charge is -2.48. The van der Waals surface area contributed by atoms with Crippen LogP contribution in [0.25, 0.3) is 0 Å². The number of aliphatic carboxylic acids is 1. The third-order valence-electron chi connectivity index (χ3n) is 3.70. The van der Waals surface area contributed by atoms with Gasteiger partial charge in [0.05, 0.1) is 19.1 Å². The summed E-state index contributed by atoms with van der Waals surface area (Å²) in [5.74, 6) is -0.996. The molecule has 0 aliphatic carbocycles. The van der Waals surface area contributed by atoms with E-state index in [1.165, 1.54) is 0 Å². The first-order chi connectivity index (χ1) is 9.82. The van der Waals surface area contributed by atoms with Gasteiger partial charge in [-0.3, -0.25) is 0 Å². The van der Waals surface area contributed by atoms with E-state index in [1.807, 2.05) is 31.4 Å². The highest BCUT2D eigenvalue weighted by Crippen LogP contribution is 2.29. The van der Waals surface area contributed by atoms with Crippen molar-refractivity contribution in [2.75, 3.05) is 26.7 Å².